The molecule has 386 valence electrons. The maximum atomic E-state index is 13.6. The Balaban J connectivity index is 1.36. The first-order valence-electron chi connectivity index (χ1n) is 28.5. The minimum Gasteiger partial charge on any atom is -0.462 e. The maximum Gasteiger partial charge on any atom is 0.306 e. The molecule has 3 aliphatic rings. The Hall–Kier alpha value is -1.52. The lowest BCUT2D eigenvalue weighted by molar-refractivity contribution is -0.150. The number of carbonyl (C=O) groups excluding carboxylic acids is 3. The van der Waals surface area contributed by atoms with Gasteiger partial charge in [-0.05, 0) is 121 Å². The fourth-order valence-corrected chi connectivity index (χ4v) is 14.4. The predicted molar refractivity (Wildman–Crippen MR) is 274 cm³/mol. The Bertz CT molecular complexity index is 1440. The number of nitrogens with zero attached hydrogens (tertiary/aromatic N) is 1. The van der Waals surface area contributed by atoms with Gasteiger partial charge in [-0.3, -0.25) is 14.4 Å². The lowest BCUT2D eigenvalue weighted by atomic mass is 10.0. The summed E-state index contributed by atoms with van der Waals surface area (Å²) in [5.74, 6) is 0.114. The molecule has 0 amide bonds. The zero-order valence-electron chi connectivity index (χ0n) is 43.9. The number of ether oxygens (including phenoxy) is 2. The van der Waals surface area contributed by atoms with Gasteiger partial charge in [0, 0.05) is 19.4 Å². The predicted octanol–water partition coefficient (Wildman–Crippen LogP) is 14.5. The first kappa shape index (κ1) is 58.8. The zero-order valence-corrected chi connectivity index (χ0v) is 44.8. The molecule has 0 aromatic rings. The second-order valence-electron chi connectivity index (χ2n) is 21.7. The van der Waals surface area contributed by atoms with Gasteiger partial charge in [-0.2, -0.15) is 0 Å². The van der Waals surface area contributed by atoms with E-state index in [2.05, 4.69) is 51.2 Å². The van der Waals surface area contributed by atoms with E-state index in [0.717, 1.165) is 135 Å². The van der Waals surface area contributed by atoms with Crippen LogP contribution in [0.4, 0.5) is 0 Å². The summed E-state index contributed by atoms with van der Waals surface area (Å²) in [5.41, 5.74) is -0.832. The van der Waals surface area contributed by atoms with E-state index in [1.54, 1.807) is 0 Å². The molecule has 4 atom stereocenters. The van der Waals surface area contributed by atoms with E-state index in [1.165, 1.54) is 96.3 Å². The van der Waals surface area contributed by atoms with Gasteiger partial charge in [0.25, 0.3) is 0 Å². The van der Waals surface area contributed by atoms with Gasteiger partial charge in [-0.15, -0.1) is 0 Å². The number of hydrogen-bond acceptors (Lipinski definition) is 8. The molecule has 0 saturated heterocycles. The monoisotopic (exact) mass is 949 g/mol. The molecule has 3 aliphatic carbocycles. The van der Waals surface area contributed by atoms with Gasteiger partial charge in [0.2, 0.25) is 10.0 Å². The van der Waals surface area contributed by atoms with E-state index in [9.17, 15) is 22.8 Å². The van der Waals surface area contributed by atoms with Gasteiger partial charge in [-0.25, -0.2) is 13.1 Å². The summed E-state index contributed by atoms with van der Waals surface area (Å²) in [5, 5.41) is 0. The molecule has 3 rings (SSSR count). The molecule has 0 aromatic carbocycles. The van der Waals surface area contributed by atoms with E-state index in [0.29, 0.717) is 32.2 Å². The van der Waals surface area contributed by atoms with Crippen LogP contribution in [0.1, 0.15) is 279 Å². The van der Waals surface area contributed by atoms with Gasteiger partial charge >= 0.3 is 11.9 Å². The highest BCUT2D eigenvalue weighted by Crippen LogP contribution is 2.92. The van der Waals surface area contributed by atoms with Gasteiger partial charge in [0.1, 0.15) is 12.2 Å². The minimum absolute atomic E-state index is 0.0166. The van der Waals surface area contributed by atoms with Crippen LogP contribution in [0.2, 0.25) is 0 Å². The van der Waals surface area contributed by atoms with Crippen molar-refractivity contribution in [2.45, 2.75) is 296 Å². The molecular weight excluding hydrogens is 845 g/mol. The van der Waals surface area contributed by atoms with Crippen molar-refractivity contribution in [3.8, 4) is 0 Å². The van der Waals surface area contributed by atoms with Crippen LogP contribution in [-0.2, 0) is 33.9 Å². The van der Waals surface area contributed by atoms with Crippen molar-refractivity contribution in [1.29, 1.82) is 0 Å². The molecule has 1 spiro atoms. The van der Waals surface area contributed by atoms with Crippen molar-refractivity contribution < 1.29 is 32.3 Å². The normalized spacial score (nSPS) is 21.0. The third kappa shape index (κ3) is 18.3. The van der Waals surface area contributed by atoms with Gasteiger partial charge in [-0.1, -0.05) is 176 Å². The Labute approximate surface area is 407 Å². The molecule has 0 heterocycles. The van der Waals surface area contributed by atoms with Crippen molar-refractivity contribution >= 4 is 27.7 Å². The van der Waals surface area contributed by atoms with E-state index < -0.39 is 20.2 Å². The van der Waals surface area contributed by atoms with Crippen LogP contribution in [0.25, 0.3) is 0 Å². The summed E-state index contributed by atoms with van der Waals surface area (Å²) in [4.78, 5) is 41.1. The van der Waals surface area contributed by atoms with Crippen molar-refractivity contribution in [2.75, 3.05) is 26.2 Å². The molecule has 2 unspecified atom stereocenters. The number of ketones is 1. The number of unbranched alkanes of at least 4 members (excludes halogenated alkanes) is 23. The van der Waals surface area contributed by atoms with Crippen molar-refractivity contribution in [1.82, 2.24) is 9.62 Å². The SMILES string of the molecule is CCCCCCCCC(CC)OC(=O)CCCCCCCN(CCCCCCCC(=O)OC(CCCCCCCC)CCCCCCCC)CCCNS(=O)(=O)[C@@]12CC[C@@H]3C(C)(C)C31C2=O. The van der Waals surface area contributed by atoms with E-state index >= 15 is 0 Å². The highest BCUT2D eigenvalue weighted by Gasteiger charge is 3.03. The van der Waals surface area contributed by atoms with E-state index in [4.69, 9.17) is 9.47 Å². The Morgan fingerprint density at radius 3 is 1.41 bits per heavy atom. The summed E-state index contributed by atoms with van der Waals surface area (Å²) in [6.45, 7) is 16.1. The molecule has 10 heteroatoms. The molecule has 0 bridgehead atoms. The average Bonchev–Trinajstić information content (AvgIpc) is 3.93. The van der Waals surface area contributed by atoms with E-state index in [1.807, 2.05) is 0 Å². The minimum atomic E-state index is -3.72. The van der Waals surface area contributed by atoms with Crippen LogP contribution < -0.4 is 4.72 Å². The molecular formula is C56H104N2O7S. The molecule has 66 heavy (non-hydrogen) atoms. The number of Topliss-reactive ketones (excluding diaryl/α,β-unsaturated/α-hetero) is 1. The molecule has 0 aromatic heterocycles. The maximum absolute atomic E-state index is 13.6. The number of hydrogen-bond donors (Lipinski definition) is 1. The lowest BCUT2D eigenvalue weighted by Gasteiger charge is -2.23. The van der Waals surface area contributed by atoms with Crippen LogP contribution in [-0.4, -0.2) is 74.2 Å². The standard InChI is InChI=1S/C56H104N2O7S/c1-7-11-14-17-22-29-37-48(10-4)64-51(59)40-32-25-20-27-34-45-58(47-36-44-57-66(62,63)55-43-42-50-54(5,6)56(50,55)53(55)61)46-35-28-21-26-33-41-52(60)65-49(38-30-23-18-15-12-8-2)39-31-24-19-16-13-9-3/h48-50,57H,7-47H2,1-6H3/t48?,50-,55-,56?/m1/s1. The summed E-state index contributed by atoms with van der Waals surface area (Å²) in [6, 6.07) is 0. The summed E-state index contributed by atoms with van der Waals surface area (Å²) in [6.07, 6.45) is 40.0. The van der Waals surface area contributed by atoms with Gasteiger partial charge in [0.05, 0.1) is 5.41 Å². The Morgan fingerprint density at radius 1 is 0.576 bits per heavy atom. The first-order chi connectivity index (χ1) is 31.9. The average molecular weight is 950 g/mol. The van der Waals surface area contributed by atoms with Gasteiger partial charge in [0.15, 0.2) is 10.5 Å². The fraction of sp³-hybridized carbons (Fsp3) is 0.946. The van der Waals surface area contributed by atoms with Gasteiger partial charge < -0.3 is 14.4 Å². The highest BCUT2D eigenvalue weighted by molar-refractivity contribution is 7.92. The third-order valence-corrected chi connectivity index (χ3v) is 18.4. The third-order valence-electron chi connectivity index (χ3n) is 16.2. The second-order valence-corrected chi connectivity index (χ2v) is 23.7. The molecule has 3 saturated carbocycles. The van der Waals surface area contributed by atoms with Crippen molar-refractivity contribution in [2.24, 2.45) is 16.7 Å². The molecule has 3 fully saturated rings. The van der Waals surface area contributed by atoms with Crippen LogP contribution >= 0.6 is 0 Å². The topological polar surface area (TPSA) is 119 Å². The van der Waals surface area contributed by atoms with Crippen LogP contribution in [0.3, 0.4) is 0 Å². The fourth-order valence-electron chi connectivity index (χ4n) is 12.0. The summed E-state index contributed by atoms with van der Waals surface area (Å²) in [7, 11) is -3.72. The Morgan fingerprint density at radius 2 is 0.970 bits per heavy atom. The van der Waals surface area contributed by atoms with Crippen molar-refractivity contribution in [3.05, 3.63) is 0 Å². The first-order valence-corrected chi connectivity index (χ1v) is 30.0. The molecule has 9 nitrogen and oxygen atoms in total. The number of rotatable bonds is 46. The second kappa shape index (κ2) is 32.4. The number of carbonyl (C=O) groups is 3. The van der Waals surface area contributed by atoms with Crippen molar-refractivity contribution in [3.63, 3.8) is 0 Å². The number of nitrogens with one attached hydrogen (secondary N) is 1. The zero-order chi connectivity index (χ0) is 48.2. The molecule has 1 N–H and O–H groups in total. The van der Waals surface area contributed by atoms with E-state index in [-0.39, 0.29) is 41.3 Å². The lowest BCUT2D eigenvalue weighted by Crippen LogP contribution is -2.40. The highest BCUT2D eigenvalue weighted by atomic mass is 32.2. The largest absolute Gasteiger partial charge is 0.462 e. The molecule has 0 radical (unpaired) electrons. The smallest absolute Gasteiger partial charge is 0.306 e. The molecule has 0 aliphatic heterocycles. The number of esters is 2. The number of sulfonamides is 1. The van der Waals surface area contributed by atoms with Crippen LogP contribution in [0, 0.1) is 16.7 Å². The van der Waals surface area contributed by atoms with Crippen LogP contribution in [0.5, 0.6) is 0 Å². The quantitative estimate of drug-likeness (QED) is 0.0473. The summed E-state index contributed by atoms with van der Waals surface area (Å²) < 4.78 is 40.8. The summed E-state index contributed by atoms with van der Waals surface area (Å²) >= 11 is 0. The van der Waals surface area contributed by atoms with Crippen LogP contribution in [0.15, 0.2) is 0 Å². The Kier molecular flexibility index (Phi) is 28.8.